The van der Waals surface area contributed by atoms with Crippen LogP contribution in [-0.2, 0) is 14.6 Å². The first kappa shape index (κ1) is 14.9. The lowest BCUT2D eigenvalue weighted by Gasteiger charge is -2.15. The second-order valence-electron chi connectivity index (χ2n) is 4.22. The highest BCUT2D eigenvalue weighted by molar-refractivity contribution is 7.90. The van der Waals surface area contributed by atoms with Crippen LogP contribution in [-0.4, -0.2) is 45.4 Å². The molecular weight excluding hydrogens is 216 g/mol. The Balaban J connectivity index is 3.61. The maximum absolute atomic E-state index is 10.8. The Bertz CT molecular complexity index is 248. The van der Waals surface area contributed by atoms with Crippen molar-refractivity contribution in [2.24, 2.45) is 5.92 Å². The topological polar surface area (TPSA) is 63.6 Å². The summed E-state index contributed by atoms with van der Waals surface area (Å²) >= 11 is 0. The van der Waals surface area contributed by atoms with Crippen molar-refractivity contribution in [2.45, 2.75) is 32.3 Å². The van der Waals surface area contributed by atoms with E-state index in [1.165, 1.54) is 6.26 Å². The number of aliphatic hydroxyl groups excluding tert-OH is 1. The van der Waals surface area contributed by atoms with Gasteiger partial charge in [0.05, 0.1) is 6.10 Å². The van der Waals surface area contributed by atoms with Crippen molar-refractivity contribution in [1.29, 1.82) is 0 Å². The van der Waals surface area contributed by atoms with E-state index in [2.05, 4.69) is 0 Å². The third-order valence-corrected chi connectivity index (χ3v) is 3.21. The summed E-state index contributed by atoms with van der Waals surface area (Å²) in [5, 5.41) is 9.59. The molecule has 0 saturated heterocycles. The monoisotopic (exact) mass is 238 g/mol. The zero-order valence-corrected chi connectivity index (χ0v) is 10.6. The molecule has 0 heterocycles. The predicted octanol–water partition coefficient (Wildman–Crippen LogP) is 0.845. The second kappa shape index (κ2) is 7.19. The maximum atomic E-state index is 10.8. The Labute approximate surface area is 92.6 Å². The molecule has 0 radical (unpaired) electrons. The molecule has 92 valence electrons. The number of aliphatic hydroxyl groups is 1. The molecule has 2 atom stereocenters. The fraction of sp³-hybridized carbons (Fsp3) is 1.00. The van der Waals surface area contributed by atoms with Gasteiger partial charge in [-0.3, -0.25) is 0 Å². The summed E-state index contributed by atoms with van der Waals surface area (Å²) in [5.74, 6) is 0.464. The fourth-order valence-corrected chi connectivity index (χ4v) is 2.21. The zero-order valence-electron chi connectivity index (χ0n) is 9.77. The van der Waals surface area contributed by atoms with Gasteiger partial charge in [-0.2, -0.15) is 0 Å². The molecule has 1 N–H and O–H groups in total. The molecule has 0 bridgehead atoms. The Kier molecular flexibility index (Phi) is 7.13. The number of methoxy groups -OCH3 is 1. The number of sulfone groups is 1. The molecule has 0 amide bonds. The van der Waals surface area contributed by atoms with Gasteiger partial charge in [0.2, 0.25) is 0 Å². The van der Waals surface area contributed by atoms with E-state index in [-0.39, 0.29) is 5.75 Å². The minimum atomic E-state index is -2.89. The highest BCUT2D eigenvalue weighted by Gasteiger charge is 2.11. The maximum Gasteiger partial charge on any atom is 0.147 e. The number of hydrogen-bond acceptors (Lipinski definition) is 4. The third-order valence-electron chi connectivity index (χ3n) is 2.18. The van der Waals surface area contributed by atoms with Crippen molar-refractivity contribution >= 4 is 9.84 Å². The van der Waals surface area contributed by atoms with Gasteiger partial charge in [0.1, 0.15) is 9.84 Å². The van der Waals surface area contributed by atoms with Crippen LogP contribution in [0.2, 0.25) is 0 Å². The average Bonchev–Trinajstić information content (AvgIpc) is 2.01. The van der Waals surface area contributed by atoms with Crippen LogP contribution in [0, 0.1) is 5.92 Å². The molecule has 0 aromatic rings. The Morgan fingerprint density at radius 3 is 2.47 bits per heavy atom. The van der Waals surface area contributed by atoms with E-state index in [1.807, 2.05) is 6.92 Å². The lowest BCUT2D eigenvalue weighted by Crippen LogP contribution is -2.16. The van der Waals surface area contributed by atoms with Crippen LogP contribution < -0.4 is 0 Å². The van der Waals surface area contributed by atoms with Gasteiger partial charge >= 0.3 is 0 Å². The Morgan fingerprint density at radius 2 is 2.00 bits per heavy atom. The highest BCUT2D eigenvalue weighted by atomic mass is 32.2. The lowest BCUT2D eigenvalue weighted by atomic mass is 10.0. The summed E-state index contributed by atoms with van der Waals surface area (Å²) in [6.07, 6.45) is 2.53. The van der Waals surface area contributed by atoms with E-state index < -0.39 is 15.9 Å². The summed E-state index contributed by atoms with van der Waals surface area (Å²) in [5.41, 5.74) is 0. The number of hydrogen-bond donors (Lipinski definition) is 1. The first-order valence-electron chi connectivity index (χ1n) is 5.20. The van der Waals surface area contributed by atoms with Crippen LogP contribution in [0.4, 0.5) is 0 Å². The largest absolute Gasteiger partial charge is 0.393 e. The van der Waals surface area contributed by atoms with Crippen molar-refractivity contribution in [3.8, 4) is 0 Å². The summed E-state index contributed by atoms with van der Waals surface area (Å²) in [4.78, 5) is 0. The normalized spacial score (nSPS) is 16.3. The van der Waals surface area contributed by atoms with E-state index in [4.69, 9.17) is 4.74 Å². The molecular formula is C10H22O4S. The van der Waals surface area contributed by atoms with Gasteiger partial charge < -0.3 is 9.84 Å². The summed E-state index contributed by atoms with van der Waals surface area (Å²) < 4.78 is 26.6. The van der Waals surface area contributed by atoms with Gasteiger partial charge in [0.15, 0.2) is 0 Å². The van der Waals surface area contributed by atoms with Crippen LogP contribution >= 0.6 is 0 Å². The molecule has 2 unspecified atom stereocenters. The molecule has 0 aliphatic rings. The number of rotatable bonds is 8. The molecule has 0 fully saturated rings. The average molecular weight is 238 g/mol. The molecule has 15 heavy (non-hydrogen) atoms. The first-order valence-corrected chi connectivity index (χ1v) is 7.26. The molecule has 0 rings (SSSR count). The molecule has 0 aromatic carbocycles. The molecule has 5 heteroatoms. The molecule has 0 spiro atoms. The molecule has 0 aliphatic heterocycles. The van der Waals surface area contributed by atoms with Crippen LogP contribution in [0.3, 0.4) is 0 Å². The predicted molar refractivity (Wildman–Crippen MR) is 60.6 cm³/mol. The van der Waals surface area contributed by atoms with Crippen molar-refractivity contribution in [1.82, 2.24) is 0 Å². The third kappa shape index (κ3) is 10.2. The minimum Gasteiger partial charge on any atom is -0.393 e. The SMILES string of the molecule is COCC(C)CC(O)CCCS(C)(=O)=O. The zero-order chi connectivity index (χ0) is 11.9. The molecule has 0 saturated carbocycles. The van der Waals surface area contributed by atoms with E-state index in [0.717, 1.165) is 0 Å². The van der Waals surface area contributed by atoms with Crippen molar-refractivity contribution in [3.05, 3.63) is 0 Å². The van der Waals surface area contributed by atoms with Crippen LogP contribution in [0.15, 0.2) is 0 Å². The minimum absolute atomic E-state index is 0.155. The van der Waals surface area contributed by atoms with E-state index in [1.54, 1.807) is 7.11 Å². The Morgan fingerprint density at radius 1 is 1.40 bits per heavy atom. The quantitative estimate of drug-likeness (QED) is 0.681. The molecule has 0 aromatic heterocycles. The fourth-order valence-electron chi connectivity index (χ4n) is 1.52. The van der Waals surface area contributed by atoms with E-state index in [0.29, 0.717) is 31.8 Å². The van der Waals surface area contributed by atoms with Gasteiger partial charge in [-0.25, -0.2) is 8.42 Å². The highest BCUT2D eigenvalue weighted by Crippen LogP contribution is 2.11. The van der Waals surface area contributed by atoms with Crippen LogP contribution in [0.1, 0.15) is 26.2 Å². The summed E-state index contributed by atoms with van der Waals surface area (Å²) in [6, 6.07) is 0. The van der Waals surface area contributed by atoms with Crippen LogP contribution in [0.5, 0.6) is 0 Å². The van der Waals surface area contributed by atoms with Gasteiger partial charge in [0, 0.05) is 25.7 Å². The van der Waals surface area contributed by atoms with Gasteiger partial charge in [0.25, 0.3) is 0 Å². The number of ether oxygens (including phenoxy) is 1. The Hall–Kier alpha value is -0.130. The van der Waals surface area contributed by atoms with Crippen molar-refractivity contribution in [3.63, 3.8) is 0 Å². The van der Waals surface area contributed by atoms with Gasteiger partial charge in [-0.1, -0.05) is 6.92 Å². The molecule has 4 nitrogen and oxygen atoms in total. The van der Waals surface area contributed by atoms with Crippen LogP contribution in [0.25, 0.3) is 0 Å². The standard InChI is InChI=1S/C10H22O4S/c1-9(8-14-2)7-10(11)5-4-6-15(3,12)13/h9-11H,4-8H2,1-3H3. The van der Waals surface area contributed by atoms with Gasteiger partial charge in [-0.15, -0.1) is 0 Å². The summed E-state index contributed by atoms with van der Waals surface area (Å²) in [7, 11) is -1.26. The van der Waals surface area contributed by atoms with Crippen molar-refractivity contribution in [2.75, 3.05) is 25.7 Å². The van der Waals surface area contributed by atoms with Crippen molar-refractivity contribution < 1.29 is 18.3 Å². The van der Waals surface area contributed by atoms with E-state index >= 15 is 0 Å². The van der Waals surface area contributed by atoms with E-state index in [9.17, 15) is 13.5 Å². The second-order valence-corrected chi connectivity index (χ2v) is 6.48. The lowest BCUT2D eigenvalue weighted by molar-refractivity contribution is 0.0962. The summed E-state index contributed by atoms with van der Waals surface area (Å²) in [6.45, 7) is 2.63. The van der Waals surface area contributed by atoms with Gasteiger partial charge in [-0.05, 0) is 25.2 Å². The smallest absolute Gasteiger partial charge is 0.147 e. The first-order chi connectivity index (χ1) is 6.85. The molecule has 0 aliphatic carbocycles.